The van der Waals surface area contributed by atoms with E-state index in [1.165, 1.54) is 43.5 Å². The van der Waals surface area contributed by atoms with E-state index in [4.69, 9.17) is 27.9 Å². The number of benzene rings is 4. The molecular weight excluding hydrogens is 601 g/mol. The third-order valence-corrected chi connectivity index (χ3v) is 8.52. The van der Waals surface area contributed by atoms with Crippen LogP contribution in [0.4, 0.5) is 16.2 Å². The van der Waals surface area contributed by atoms with E-state index in [9.17, 15) is 22.8 Å². The topological polar surface area (TPSA) is 131 Å². The molecule has 1 atom stereocenters. The summed E-state index contributed by atoms with van der Waals surface area (Å²) in [6, 6.07) is 23.3. The van der Waals surface area contributed by atoms with Gasteiger partial charge in [0, 0.05) is 17.8 Å². The van der Waals surface area contributed by atoms with Crippen LogP contribution >= 0.6 is 23.2 Å². The number of esters is 1. The van der Waals surface area contributed by atoms with E-state index in [0.29, 0.717) is 16.9 Å². The fourth-order valence-corrected chi connectivity index (χ4v) is 5.83. The summed E-state index contributed by atoms with van der Waals surface area (Å²) in [4.78, 5) is 38.0. The number of anilines is 2. The van der Waals surface area contributed by atoms with E-state index < -0.39 is 33.8 Å². The number of halogens is 2. The van der Waals surface area contributed by atoms with Crippen molar-refractivity contribution in [2.45, 2.75) is 22.3 Å². The Morgan fingerprint density at radius 3 is 1.88 bits per heavy atom. The van der Waals surface area contributed by atoms with Crippen molar-refractivity contribution >= 4 is 62.3 Å². The number of sulfone groups is 1. The van der Waals surface area contributed by atoms with E-state index in [1.54, 1.807) is 60.7 Å². The third kappa shape index (κ3) is 7.47. The van der Waals surface area contributed by atoms with Crippen LogP contribution in [0.25, 0.3) is 0 Å². The molecule has 0 unspecified atom stereocenters. The van der Waals surface area contributed by atoms with Crippen LogP contribution in [-0.4, -0.2) is 39.5 Å². The zero-order valence-electron chi connectivity index (χ0n) is 22.1. The number of amides is 3. The summed E-state index contributed by atoms with van der Waals surface area (Å²) < 4.78 is 30.4. The lowest BCUT2D eigenvalue weighted by atomic mass is 10.1. The van der Waals surface area contributed by atoms with E-state index in [1.807, 2.05) is 0 Å². The Labute approximate surface area is 252 Å². The maximum absolute atomic E-state index is 12.8. The number of carbonyl (C=O) groups is 3. The quantitative estimate of drug-likeness (QED) is 0.196. The molecule has 0 radical (unpaired) electrons. The van der Waals surface area contributed by atoms with Gasteiger partial charge in [-0.25, -0.2) is 18.0 Å². The van der Waals surface area contributed by atoms with Crippen LogP contribution in [0, 0.1) is 0 Å². The second kappa shape index (κ2) is 13.5. The summed E-state index contributed by atoms with van der Waals surface area (Å²) in [7, 11) is -2.50. The van der Waals surface area contributed by atoms with Crippen molar-refractivity contribution in [1.29, 1.82) is 0 Å². The third-order valence-electron chi connectivity index (χ3n) is 6.11. The predicted molar refractivity (Wildman–Crippen MR) is 161 cm³/mol. The van der Waals surface area contributed by atoms with Crippen molar-refractivity contribution in [2.24, 2.45) is 0 Å². The molecule has 0 aliphatic carbocycles. The van der Waals surface area contributed by atoms with Crippen LogP contribution in [-0.2, 0) is 25.8 Å². The molecule has 9 nitrogen and oxygen atoms in total. The van der Waals surface area contributed by atoms with Gasteiger partial charge in [0.1, 0.15) is 6.04 Å². The Balaban J connectivity index is 1.38. The number of rotatable bonds is 9. The van der Waals surface area contributed by atoms with Crippen molar-refractivity contribution < 1.29 is 27.5 Å². The summed E-state index contributed by atoms with van der Waals surface area (Å²) in [5.74, 6) is -1.14. The number of urea groups is 1. The first-order chi connectivity index (χ1) is 20.1. The number of hydrogen-bond donors (Lipinski definition) is 3. The van der Waals surface area contributed by atoms with Gasteiger partial charge in [-0.2, -0.15) is 0 Å². The van der Waals surface area contributed by atoms with Gasteiger partial charge in [0.2, 0.25) is 9.84 Å². The van der Waals surface area contributed by atoms with Crippen LogP contribution in [0.15, 0.2) is 107 Å². The zero-order chi connectivity index (χ0) is 30.3. The normalized spacial score (nSPS) is 11.7. The first-order valence-electron chi connectivity index (χ1n) is 12.5. The first-order valence-corrected chi connectivity index (χ1v) is 14.7. The summed E-state index contributed by atoms with van der Waals surface area (Å²) in [6.07, 6.45) is 0.0961. The lowest BCUT2D eigenvalue weighted by molar-refractivity contribution is -0.142. The molecule has 0 spiro atoms. The van der Waals surface area contributed by atoms with Crippen LogP contribution in [0.5, 0.6) is 0 Å². The average Bonchev–Trinajstić information content (AvgIpc) is 2.98. The SMILES string of the molecule is COC(=O)[C@H](Cc1ccc(NC(=O)c2c(Cl)cccc2Cl)cc1)NC(=O)Nc1ccc(S(=O)(=O)c2ccccc2)cc1. The smallest absolute Gasteiger partial charge is 0.328 e. The fraction of sp³-hybridized carbons (Fsp3) is 0.100. The number of nitrogens with one attached hydrogen (secondary N) is 3. The average molecular weight is 627 g/mol. The van der Waals surface area contributed by atoms with Gasteiger partial charge in [0.05, 0.1) is 32.5 Å². The molecular formula is C30H25Cl2N3O6S. The number of ether oxygens (including phenoxy) is 1. The minimum absolute atomic E-state index is 0.0710. The summed E-state index contributed by atoms with van der Waals surface area (Å²) in [5.41, 5.74) is 1.62. The zero-order valence-corrected chi connectivity index (χ0v) is 24.5. The molecule has 4 aromatic rings. The van der Waals surface area contributed by atoms with Gasteiger partial charge in [-0.05, 0) is 66.2 Å². The van der Waals surface area contributed by atoms with Gasteiger partial charge in [-0.3, -0.25) is 4.79 Å². The predicted octanol–water partition coefficient (Wildman–Crippen LogP) is 5.98. The minimum atomic E-state index is -3.70. The van der Waals surface area contributed by atoms with Crippen molar-refractivity contribution in [1.82, 2.24) is 5.32 Å². The molecule has 0 aliphatic rings. The van der Waals surface area contributed by atoms with E-state index in [0.717, 1.165) is 0 Å². The molecule has 4 rings (SSSR count). The van der Waals surface area contributed by atoms with Crippen LogP contribution < -0.4 is 16.0 Å². The van der Waals surface area contributed by atoms with Crippen molar-refractivity contribution in [3.05, 3.63) is 118 Å². The summed E-state index contributed by atoms with van der Waals surface area (Å²) in [6.45, 7) is 0. The minimum Gasteiger partial charge on any atom is -0.467 e. The van der Waals surface area contributed by atoms with Crippen LogP contribution in [0.2, 0.25) is 10.0 Å². The Morgan fingerprint density at radius 2 is 1.29 bits per heavy atom. The van der Waals surface area contributed by atoms with Gasteiger partial charge < -0.3 is 20.7 Å². The molecule has 0 aromatic heterocycles. The largest absolute Gasteiger partial charge is 0.467 e. The summed E-state index contributed by atoms with van der Waals surface area (Å²) in [5, 5.41) is 8.32. The maximum Gasteiger partial charge on any atom is 0.328 e. The van der Waals surface area contributed by atoms with Crippen molar-refractivity contribution in [3.8, 4) is 0 Å². The second-order valence-electron chi connectivity index (χ2n) is 8.97. The summed E-state index contributed by atoms with van der Waals surface area (Å²) >= 11 is 12.2. The molecule has 0 heterocycles. The standard InChI is InChI=1S/C30H25Cl2N3O6S/c1-41-29(37)26(18-19-10-12-20(13-11-19)33-28(36)27-24(31)8-5-9-25(27)32)35-30(38)34-21-14-16-23(17-15-21)42(39,40)22-6-3-2-4-7-22/h2-17,26H,18H2,1H3,(H,33,36)(H2,34,35,38)/t26-/m0/s1. The highest BCUT2D eigenvalue weighted by Crippen LogP contribution is 2.26. The number of hydrogen-bond acceptors (Lipinski definition) is 6. The maximum atomic E-state index is 12.8. The van der Waals surface area contributed by atoms with Crippen LogP contribution in [0.3, 0.4) is 0 Å². The van der Waals surface area contributed by atoms with Gasteiger partial charge in [-0.1, -0.05) is 59.6 Å². The molecule has 0 saturated carbocycles. The highest BCUT2D eigenvalue weighted by atomic mass is 35.5. The van der Waals surface area contributed by atoms with Gasteiger partial charge in [0.25, 0.3) is 5.91 Å². The highest BCUT2D eigenvalue weighted by molar-refractivity contribution is 7.91. The lowest BCUT2D eigenvalue weighted by Crippen LogP contribution is -2.45. The molecule has 4 aromatic carbocycles. The Kier molecular flexibility index (Phi) is 9.84. The monoisotopic (exact) mass is 625 g/mol. The lowest BCUT2D eigenvalue weighted by Gasteiger charge is -2.17. The Hall–Kier alpha value is -4.38. The Bertz CT molecular complexity index is 1680. The van der Waals surface area contributed by atoms with E-state index in [2.05, 4.69) is 16.0 Å². The van der Waals surface area contributed by atoms with Gasteiger partial charge >= 0.3 is 12.0 Å². The molecule has 0 fully saturated rings. The molecule has 0 saturated heterocycles. The molecule has 216 valence electrons. The molecule has 42 heavy (non-hydrogen) atoms. The molecule has 3 amide bonds. The Morgan fingerprint density at radius 1 is 0.738 bits per heavy atom. The molecule has 3 N–H and O–H groups in total. The van der Waals surface area contributed by atoms with Crippen molar-refractivity contribution in [2.75, 3.05) is 17.7 Å². The van der Waals surface area contributed by atoms with E-state index >= 15 is 0 Å². The van der Waals surface area contributed by atoms with E-state index in [-0.39, 0.29) is 31.8 Å². The second-order valence-corrected chi connectivity index (χ2v) is 11.7. The number of carbonyl (C=O) groups excluding carboxylic acids is 3. The fourth-order valence-electron chi connectivity index (χ4n) is 3.98. The number of methoxy groups -OCH3 is 1. The van der Waals surface area contributed by atoms with Crippen LogP contribution in [0.1, 0.15) is 15.9 Å². The highest BCUT2D eigenvalue weighted by Gasteiger charge is 2.23. The molecule has 0 bridgehead atoms. The molecule has 0 aliphatic heterocycles. The molecule has 12 heteroatoms. The first kappa shape index (κ1) is 30.6. The van der Waals surface area contributed by atoms with Crippen molar-refractivity contribution in [3.63, 3.8) is 0 Å². The van der Waals surface area contributed by atoms with Gasteiger partial charge in [0.15, 0.2) is 0 Å². The van der Waals surface area contributed by atoms with Gasteiger partial charge in [-0.15, -0.1) is 0 Å².